The average Bonchev–Trinajstić information content (AvgIpc) is 2.70. The number of esters is 1. The van der Waals surface area contributed by atoms with Crippen LogP contribution in [0.3, 0.4) is 0 Å². The first kappa shape index (κ1) is 16.5. The third-order valence-electron chi connectivity index (χ3n) is 5.64. The fourth-order valence-electron chi connectivity index (χ4n) is 3.85. The molecule has 1 aliphatic carbocycles. The molecule has 1 amide bonds. The first-order valence-corrected chi connectivity index (χ1v) is 8.97. The van der Waals surface area contributed by atoms with Crippen LogP contribution in [-0.2, 0) is 14.3 Å². The molecule has 3 rings (SSSR count). The van der Waals surface area contributed by atoms with Gasteiger partial charge in [0.25, 0.3) is 0 Å². The lowest BCUT2D eigenvalue weighted by Gasteiger charge is -2.40. The molecule has 0 spiro atoms. The summed E-state index contributed by atoms with van der Waals surface area (Å²) in [5.74, 6) is -0.669. The fourth-order valence-corrected chi connectivity index (χ4v) is 4.79. The molecule has 23 heavy (non-hydrogen) atoms. The molecule has 1 saturated heterocycles. The zero-order valence-electron chi connectivity index (χ0n) is 13.6. The molecule has 2 aliphatic rings. The fraction of sp³-hybridized carbons (Fsp3) is 0.556. The third kappa shape index (κ3) is 2.59. The van der Waals surface area contributed by atoms with E-state index in [0.717, 1.165) is 5.56 Å². The maximum Gasteiger partial charge on any atom is 0.313 e. The number of carbonyl (C=O) groups is 2. The van der Waals surface area contributed by atoms with E-state index >= 15 is 0 Å². The summed E-state index contributed by atoms with van der Waals surface area (Å²) in [5.41, 5.74) is 0.312. The van der Waals surface area contributed by atoms with Gasteiger partial charge < -0.3 is 10.1 Å². The molecule has 0 aromatic heterocycles. The molecule has 4 nitrogen and oxygen atoms in total. The lowest BCUT2D eigenvalue weighted by molar-refractivity contribution is -0.151. The van der Waals surface area contributed by atoms with Crippen LogP contribution in [0.25, 0.3) is 0 Å². The Morgan fingerprint density at radius 2 is 2.04 bits per heavy atom. The molecule has 1 N–H and O–H groups in total. The van der Waals surface area contributed by atoms with Crippen molar-refractivity contribution in [1.82, 2.24) is 5.32 Å². The molecule has 1 aromatic carbocycles. The van der Waals surface area contributed by atoms with Gasteiger partial charge in [0, 0.05) is 5.92 Å². The number of rotatable bonds is 3. The van der Waals surface area contributed by atoms with Gasteiger partial charge in [-0.15, -0.1) is 0 Å². The summed E-state index contributed by atoms with van der Waals surface area (Å²) in [4.78, 5) is 25.3. The number of hydrogen-bond donors (Lipinski definition) is 1. The van der Waals surface area contributed by atoms with Crippen LogP contribution < -0.4 is 5.32 Å². The maximum absolute atomic E-state index is 12.9. The van der Waals surface area contributed by atoms with Crippen molar-refractivity contribution < 1.29 is 14.3 Å². The maximum atomic E-state index is 12.9. The van der Waals surface area contributed by atoms with Crippen LogP contribution in [0, 0.1) is 17.3 Å². The van der Waals surface area contributed by atoms with Crippen molar-refractivity contribution in [3.63, 3.8) is 0 Å². The number of nitrogens with one attached hydrogen (secondary N) is 1. The van der Waals surface area contributed by atoms with Gasteiger partial charge in [-0.25, -0.2) is 0 Å². The van der Waals surface area contributed by atoms with E-state index in [1.165, 1.54) is 0 Å². The second-order valence-electron chi connectivity index (χ2n) is 6.89. The number of hydrogen-bond acceptors (Lipinski definition) is 3. The van der Waals surface area contributed by atoms with E-state index in [1.807, 2.05) is 51.1 Å². The Hall–Kier alpha value is -1.36. The average molecular weight is 380 g/mol. The van der Waals surface area contributed by atoms with E-state index in [1.54, 1.807) is 0 Å². The molecule has 1 saturated carbocycles. The monoisotopic (exact) mass is 379 g/mol. The molecule has 6 unspecified atom stereocenters. The number of amides is 1. The van der Waals surface area contributed by atoms with Gasteiger partial charge in [0.15, 0.2) is 0 Å². The van der Waals surface area contributed by atoms with Gasteiger partial charge in [0.1, 0.15) is 6.10 Å². The number of ether oxygens (including phenoxy) is 1. The van der Waals surface area contributed by atoms with Crippen LogP contribution in [0.15, 0.2) is 30.3 Å². The van der Waals surface area contributed by atoms with E-state index in [2.05, 4.69) is 21.2 Å². The second kappa shape index (κ2) is 5.93. The molecular weight excluding hydrogens is 358 g/mol. The largest absolute Gasteiger partial charge is 0.460 e. The summed E-state index contributed by atoms with van der Waals surface area (Å²) < 4.78 is 5.52. The van der Waals surface area contributed by atoms with Crippen LogP contribution in [0.4, 0.5) is 0 Å². The minimum absolute atomic E-state index is 0.0240. The van der Waals surface area contributed by atoms with E-state index < -0.39 is 5.41 Å². The summed E-state index contributed by atoms with van der Waals surface area (Å²) in [6.45, 7) is 5.84. The summed E-state index contributed by atoms with van der Waals surface area (Å²) in [7, 11) is 0. The Kier molecular flexibility index (Phi) is 4.25. The lowest BCUT2D eigenvalue weighted by Crippen LogP contribution is -2.51. The van der Waals surface area contributed by atoms with Crippen LogP contribution in [0.2, 0.25) is 0 Å². The van der Waals surface area contributed by atoms with Crippen LogP contribution in [0.5, 0.6) is 0 Å². The molecule has 2 bridgehead atoms. The quantitative estimate of drug-likeness (QED) is 0.647. The third-order valence-corrected chi connectivity index (χ3v) is 6.53. The van der Waals surface area contributed by atoms with Crippen molar-refractivity contribution in [2.24, 2.45) is 17.3 Å². The summed E-state index contributed by atoms with van der Waals surface area (Å²) in [6, 6.07) is 9.75. The van der Waals surface area contributed by atoms with Gasteiger partial charge in [-0.05, 0) is 25.8 Å². The van der Waals surface area contributed by atoms with Crippen LogP contribution in [-0.4, -0.2) is 22.8 Å². The van der Waals surface area contributed by atoms with Gasteiger partial charge in [-0.2, -0.15) is 0 Å². The summed E-state index contributed by atoms with van der Waals surface area (Å²) in [5, 5.41) is 3.07. The predicted octanol–water partition coefficient (Wildman–Crippen LogP) is 3.22. The highest BCUT2D eigenvalue weighted by Crippen LogP contribution is 2.54. The SMILES string of the molecule is CC(NC(=O)C1CC(Br)C2OC(=O)C1(C)C2C)c1ccccc1. The Morgan fingerprint density at radius 3 is 2.70 bits per heavy atom. The van der Waals surface area contributed by atoms with Crippen LogP contribution in [0.1, 0.15) is 38.8 Å². The van der Waals surface area contributed by atoms with Crippen LogP contribution >= 0.6 is 15.9 Å². The van der Waals surface area contributed by atoms with Gasteiger partial charge in [-0.1, -0.05) is 53.2 Å². The Bertz CT molecular complexity index is 620. The van der Waals surface area contributed by atoms with E-state index in [0.29, 0.717) is 6.42 Å². The molecule has 1 heterocycles. The summed E-state index contributed by atoms with van der Waals surface area (Å²) in [6.07, 6.45) is 0.480. The molecule has 5 heteroatoms. The number of fused-ring (bicyclic) bond motifs is 2. The molecule has 1 aromatic rings. The Morgan fingerprint density at radius 1 is 1.39 bits per heavy atom. The Balaban J connectivity index is 1.80. The standard InChI is InChI=1S/C18H22BrNO3/c1-10-15-14(19)9-13(18(10,3)17(22)23-15)16(21)20-11(2)12-7-5-4-6-8-12/h4-8,10-11,13-15H,9H2,1-3H3,(H,20,21). The number of alkyl halides is 1. The highest BCUT2D eigenvalue weighted by atomic mass is 79.9. The van der Waals surface area contributed by atoms with Gasteiger partial charge in [0.2, 0.25) is 5.91 Å². The van der Waals surface area contributed by atoms with E-state index in [9.17, 15) is 9.59 Å². The zero-order chi connectivity index (χ0) is 16.8. The molecule has 124 valence electrons. The van der Waals surface area contributed by atoms with Crippen molar-refractivity contribution >= 4 is 27.8 Å². The molecule has 1 aliphatic heterocycles. The van der Waals surface area contributed by atoms with Crippen molar-refractivity contribution in [3.8, 4) is 0 Å². The highest BCUT2D eigenvalue weighted by Gasteiger charge is 2.63. The van der Waals surface area contributed by atoms with Crippen molar-refractivity contribution in [2.75, 3.05) is 0 Å². The van der Waals surface area contributed by atoms with Crippen molar-refractivity contribution in [1.29, 1.82) is 0 Å². The van der Waals surface area contributed by atoms with Gasteiger partial charge in [0.05, 0.1) is 22.2 Å². The molecule has 6 atom stereocenters. The lowest BCUT2D eigenvalue weighted by atomic mass is 9.62. The predicted molar refractivity (Wildman–Crippen MR) is 91.0 cm³/mol. The first-order valence-electron chi connectivity index (χ1n) is 8.06. The number of benzene rings is 1. The molecule has 2 fully saturated rings. The molecular formula is C18H22BrNO3. The smallest absolute Gasteiger partial charge is 0.313 e. The normalized spacial score (nSPS) is 37.1. The number of halogens is 1. The highest BCUT2D eigenvalue weighted by molar-refractivity contribution is 9.09. The van der Waals surface area contributed by atoms with E-state index in [-0.39, 0.29) is 40.7 Å². The molecule has 0 radical (unpaired) electrons. The first-order chi connectivity index (χ1) is 10.9. The van der Waals surface area contributed by atoms with Gasteiger partial charge >= 0.3 is 5.97 Å². The van der Waals surface area contributed by atoms with Gasteiger partial charge in [-0.3, -0.25) is 9.59 Å². The summed E-state index contributed by atoms with van der Waals surface area (Å²) >= 11 is 3.60. The van der Waals surface area contributed by atoms with Crippen molar-refractivity contribution in [3.05, 3.63) is 35.9 Å². The minimum Gasteiger partial charge on any atom is -0.460 e. The van der Waals surface area contributed by atoms with E-state index in [4.69, 9.17) is 4.74 Å². The van der Waals surface area contributed by atoms with Crippen molar-refractivity contribution in [2.45, 2.75) is 44.2 Å². The zero-order valence-corrected chi connectivity index (χ0v) is 15.2. The topological polar surface area (TPSA) is 55.4 Å². The minimum atomic E-state index is -0.741. The Labute approximate surface area is 145 Å². The second-order valence-corrected chi connectivity index (χ2v) is 8.06. The number of carbonyl (C=O) groups excluding carboxylic acids is 2.